The maximum atomic E-state index is 10.0. The number of hydrogen-bond acceptors (Lipinski definition) is 5. The summed E-state index contributed by atoms with van der Waals surface area (Å²) in [6, 6.07) is 15.1. The van der Waals surface area contributed by atoms with Crippen LogP contribution < -0.4 is 20.1 Å². The van der Waals surface area contributed by atoms with E-state index in [4.69, 9.17) is 9.47 Å². The zero-order valence-corrected chi connectivity index (χ0v) is 14.8. The number of benzene rings is 2. The van der Waals surface area contributed by atoms with Crippen LogP contribution >= 0.6 is 0 Å². The van der Waals surface area contributed by atoms with Gasteiger partial charge in [0, 0.05) is 25.2 Å². The van der Waals surface area contributed by atoms with Crippen LogP contribution in [0.25, 0.3) is 0 Å². The van der Waals surface area contributed by atoms with Crippen LogP contribution in [0, 0.1) is 0 Å². The highest BCUT2D eigenvalue weighted by Crippen LogP contribution is 2.37. The standard InChI is InChI=1S/C20H26N2O3/c1-24-18-10-15(11-19(25-2)20(18)23)9-17-13-21-16(12-22-17)8-14-6-4-3-5-7-14/h3-7,10-11,16-17,21-23H,8-9,12-13H2,1-2H3/t16-,17-/m0/s1. The van der Waals surface area contributed by atoms with Crippen LogP contribution in [0.15, 0.2) is 42.5 Å². The summed E-state index contributed by atoms with van der Waals surface area (Å²) in [7, 11) is 3.10. The van der Waals surface area contributed by atoms with E-state index in [1.54, 1.807) is 14.2 Å². The second-order valence-electron chi connectivity index (χ2n) is 6.45. The first-order chi connectivity index (χ1) is 12.2. The van der Waals surface area contributed by atoms with Gasteiger partial charge in [-0.1, -0.05) is 30.3 Å². The summed E-state index contributed by atoms with van der Waals surface area (Å²) < 4.78 is 10.5. The Morgan fingerprint density at radius 1 is 0.880 bits per heavy atom. The number of ether oxygens (including phenoxy) is 2. The van der Waals surface area contributed by atoms with Crippen LogP contribution in [0.5, 0.6) is 17.2 Å². The van der Waals surface area contributed by atoms with Gasteiger partial charge in [0.1, 0.15) is 0 Å². The largest absolute Gasteiger partial charge is 0.502 e. The normalized spacial score (nSPS) is 20.2. The topological polar surface area (TPSA) is 62.8 Å². The van der Waals surface area contributed by atoms with Gasteiger partial charge in [0.25, 0.3) is 0 Å². The molecule has 25 heavy (non-hydrogen) atoms. The van der Waals surface area contributed by atoms with Gasteiger partial charge in [-0.25, -0.2) is 0 Å². The first-order valence-electron chi connectivity index (χ1n) is 8.64. The molecule has 2 atom stereocenters. The van der Waals surface area contributed by atoms with Gasteiger partial charge in [0.05, 0.1) is 14.2 Å². The Morgan fingerprint density at radius 3 is 1.88 bits per heavy atom. The summed E-state index contributed by atoms with van der Waals surface area (Å²) in [5.41, 5.74) is 2.43. The monoisotopic (exact) mass is 342 g/mol. The van der Waals surface area contributed by atoms with Crippen molar-refractivity contribution in [1.29, 1.82) is 0 Å². The molecule has 0 bridgehead atoms. The van der Waals surface area contributed by atoms with E-state index in [1.807, 2.05) is 18.2 Å². The highest BCUT2D eigenvalue weighted by atomic mass is 16.5. The van der Waals surface area contributed by atoms with Crippen LogP contribution in [0.3, 0.4) is 0 Å². The van der Waals surface area contributed by atoms with Crippen molar-refractivity contribution in [3.05, 3.63) is 53.6 Å². The molecule has 0 radical (unpaired) electrons. The van der Waals surface area contributed by atoms with Crippen LogP contribution in [-0.2, 0) is 12.8 Å². The molecule has 3 rings (SSSR count). The Bertz CT molecular complexity index is 658. The summed E-state index contributed by atoms with van der Waals surface area (Å²) in [6.45, 7) is 1.84. The van der Waals surface area contributed by atoms with E-state index < -0.39 is 0 Å². The van der Waals surface area contributed by atoms with E-state index >= 15 is 0 Å². The Morgan fingerprint density at radius 2 is 1.40 bits per heavy atom. The molecule has 0 aromatic heterocycles. The number of phenolic OH excluding ortho intramolecular Hbond substituents is 1. The Labute approximate surface area is 149 Å². The highest BCUT2D eigenvalue weighted by Gasteiger charge is 2.21. The molecular formula is C20H26N2O3. The second kappa shape index (κ2) is 8.23. The molecule has 1 fully saturated rings. The zero-order chi connectivity index (χ0) is 17.6. The van der Waals surface area contributed by atoms with Crippen LogP contribution in [0.4, 0.5) is 0 Å². The average molecular weight is 342 g/mol. The van der Waals surface area contributed by atoms with Gasteiger partial charge >= 0.3 is 0 Å². The van der Waals surface area contributed by atoms with E-state index in [1.165, 1.54) is 5.56 Å². The Hall–Kier alpha value is -2.24. The Balaban J connectivity index is 1.57. The molecule has 2 aromatic carbocycles. The van der Waals surface area contributed by atoms with Crippen molar-refractivity contribution in [3.63, 3.8) is 0 Å². The van der Waals surface area contributed by atoms with E-state index in [-0.39, 0.29) is 5.75 Å². The minimum absolute atomic E-state index is 0.0476. The molecule has 0 spiro atoms. The summed E-state index contributed by atoms with van der Waals surface area (Å²) in [5, 5.41) is 17.3. The van der Waals surface area contributed by atoms with Crippen molar-refractivity contribution in [3.8, 4) is 17.2 Å². The first kappa shape index (κ1) is 17.6. The first-order valence-corrected chi connectivity index (χ1v) is 8.64. The lowest BCUT2D eigenvalue weighted by Crippen LogP contribution is -2.55. The summed E-state index contributed by atoms with van der Waals surface area (Å²) >= 11 is 0. The van der Waals surface area contributed by atoms with Gasteiger partial charge in [-0.2, -0.15) is 0 Å². The number of piperazine rings is 1. The maximum Gasteiger partial charge on any atom is 0.200 e. The summed E-state index contributed by atoms with van der Waals surface area (Å²) in [4.78, 5) is 0. The van der Waals surface area contributed by atoms with Gasteiger partial charge < -0.3 is 25.2 Å². The quantitative estimate of drug-likeness (QED) is 0.751. The lowest BCUT2D eigenvalue weighted by molar-refractivity contribution is 0.333. The Kier molecular flexibility index (Phi) is 5.79. The van der Waals surface area contributed by atoms with Gasteiger partial charge in [-0.15, -0.1) is 0 Å². The lowest BCUT2D eigenvalue weighted by atomic mass is 9.99. The lowest BCUT2D eigenvalue weighted by Gasteiger charge is -2.31. The molecule has 0 aliphatic carbocycles. The van der Waals surface area contributed by atoms with Crippen molar-refractivity contribution < 1.29 is 14.6 Å². The van der Waals surface area contributed by atoms with Crippen LogP contribution in [0.2, 0.25) is 0 Å². The molecule has 3 N–H and O–H groups in total. The molecule has 0 saturated carbocycles. The fourth-order valence-electron chi connectivity index (χ4n) is 3.30. The predicted octanol–water partition coefficient (Wildman–Crippen LogP) is 2.12. The van der Waals surface area contributed by atoms with Gasteiger partial charge in [0.2, 0.25) is 5.75 Å². The molecule has 5 heteroatoms. The van der Waals surface area contributed by atoms with Crippen LogP contribution in [-0.4, -0.2) is 44.5 Å². The second-order valence-corrected chi connectivity index (χ2v) is 6.45. The fraction of sp³-hybridized carbons (Fsp3) is 0.400. The minimum Gasteiger partial charge on any atom is -0.502 e. The summed E-state index contributed by atoms with van der Waals surface area (Å²) in [5.74, 6) is 0.937. The molecule has 1 aliphatic rings. The molecule has 134 valence electrons. The zero-order valence-electron chi connectivity index (χ0n) is 14.8. The van der Waals surface area contributed by atoms with Crippen molar-refractivity contribution in [2.45, 2.75) is 24.9 Å². The molecule has 0 amide bonds. The van der Waals surface area contributed by atoms with Crippen molar-refractivity contribution in [1.82, 2.24) is 10.6 Å². The van der Waals surface area contributed by atoms with Gasteiger partial charge in [-0.05, 0) is 36.1 Å². The number of nitrogens with one attached hydrogen (secondary N) is 2. The van der Waals surface area contributed by atoms with E-state index in [9.17, 15) is 5.11 Å². The maximum absolute atomic E-state index is 10.0. The minimum atomic E-state index is 0.0476. The molecule has 1 saturated heterocycles. The van der Waals surface area contributed by atoms with Gasteiger partial charge in [-0.3, -0.25) is 0 Å². The van der Waals surface area contributed by atoms with Gasteiger partial charge in [0.15, 0.2) is 11.5 Å². The molecule has 1 heterocycles. The van der Waals surface area contributed by atoms with Crippen LogP contribution in [0.1, 0.15) is 11.1 Å². The van der Waals surface area contributed by atoms with E-state index in [2.05, 4.69) is 34.9 Å². The SMILES string of the molecule is COc1cc(C[C@H]2CN[C@@H](Cc3ccccc3)CN2)cc(OC)c1O. The molecule has 5 nitrogen and oxygen atoms in total. The number of aromatic hydroxyl groups is 1. The number of methoxy groups -OCH3 is 2. The third-order valence-electron chi connectivity index (χ3n) is 4.65. The molecule has 0 unspecified atom stereocenters. The smallest absolute Gasteiger partial charge is 0.200 e. The predicted molar refractivity (Wildman–Crippen MR) is 98.6 cm³/mol. The number of hydrogen-bond donors (Lipinski definition) is 3. The molecule has 1 aliphatic heterocycles. The third-order valence-corrected chi connectivity index (χ3v) is 4.65. The highest BCUT2D eigenvalue weighted by molar-refractivity contribution is 5.52. The molecular weight excluding hydrogens is 316 g/mol. The van der Waals surface area contributed by atoms with Crippen molar-refractivity contribution >= 4 is 0 Å². The third kappa shape index (κ3) is 4.44. The average Bonchev–Trinajstić information content (AvgIpc) is 2.65. The van der Waals surface area contributed by atoms with Crippen molar-refractivity contribution in [2.24, 2.45) is 0 Å². The van der Waals surface area contributed by atoms with E-state index in [0.717, 1.165) is 31.5 Å². The van der Waals surface area contributed by atoms with E-state index in [0.29, 0.717) is 23.6 Å². The summed E-state index contributed by atoms with van der Waals surface area (Å²) in [6.07, 6.45) is 1.87. The number of phenols is 1. The fourth-order valence-corrected chi connectivity index (χ4v) is 3.30. The molecule has 2 aromatic rings. The number of rotatable bonds is 6. The van der Waals surface area contributed by atoms with Crippen molar-refractivity contribution in [2.75, 3.05) is 27.3 Å².